The molecule has 6 heteroatoms. The molecule has 0 radical (unpaired) electrons. The molecule has 1 unspecified atom stereocenters. The fourth-order valence-electron chi connectivity index (χ4n) is 4.10. The highest BCUT2D eigenvalue weighted by atomic mass is 19.1. The number of carbonyl (C=O) groups is 1. The van der Waals surface area contributed by atoms with Crippen LogP contribution in [-0.2, 0) is 0 Å². The van der Waals surface area contributed by atoms with Crippen molar-refractivity contribution in [3.05, 3.63) is 71.7 Å². The summed E-state index contributed by atoms with van der Waals surface area (Å²) in [6.45, 7) is 9.17. The van der Waals surface area contributed by atoms with E-state index in [0.717, 1.165) is 30.6 Å². The van der Waals surface area contributed by atoms with Gasteiger partial charge >= 0.3 is 0 Å². The first-order valence-electron chi connectivity index (χ1n) is 10.9. The topological polar surface area (TPSA) is 50.2 Å². The number of amides is 1. The maximum absolute atomic E-state index is 13.4. The predicted octanol–water partition coefficient (Wildman–Crippen LogP) is 4.45. The molecule has 0 aliphatic carbocycles. The highest BCUT2D eigenvalue weighted by molar-refractivity contribution is 6.00. The maximum atomic E-state index is 13.4. The van der Waals surface area contributed by atoms with Crippen LogP contribution < -0.4 is 5.32 Å². The molecule has 4 rings (SSSR count). The van der Waals surface area contributed by atoms with Crippen molar-refractivity contribution in [1.82, 2.24) is 20.0 Å². The number of nitrogens with one attached hydrogen (secondary N) is 1. The zero-order valence-electron chi connectivity index (χ0n) is 18.3. The number of hydrogen-bond donors (Lipinski definition) is 1. The summed E-state index contributed by atoms with van der Waals surface area (Å²) < 4.78 is 15.0. The Labute approximate surface area is 182 Å². The molecule has 5 nitrogen and oxygen atoms in total. The number of benzene rings is 2. The molecule has 1 aromatic heterocycles. The first-order chi connectivity index (χ1) is 14.9. The normalized spacial score (nSPS) is 16.7. The summed E-state index contributed by atoms with van der Waals surface area (Å²) in [5.74, 6) is 0.0218. The van der Waals surface area contributed by atoms with Crippen molar-refractivity contribution >= 4 is 5.91 Å². The van der Waals surface area contributed by atoms with E-state index in [0.29, 0.717) is 35.4 Å². The molecule has 162 valence electrons. The number of nitrogens with zero attached hydrogens (tertiary/aromatic N) is 3. The highest BCUT2D eigenvalue weighted by Gasteiger charge is 2.25. The average Bonchev–Trinajstić information content (AvgIpc) is 3.40. The number of likely N-dealkylation sites (tertiary alicyclic amines) is 1. The molecule has 2 aromatic carbocycles. The van der Waals surface area contributed by atoms with Crippen molar-refractivity contribution in [2.75, 3.05) is 19.6 Å². The summed E-state index contributed by atoms with van der Waals surface area (Å²) in [4.78, 5) is 15.6. The molecule has 1 aliphatic heterocycles. The van der Waals surface area contributed by atoms with Gasteiger partial charge in [0.25, 0.3) is 5.91 Å². The lowest BCUT2D eigenvalue weighted by Gasteiger charge is -2.20. The van der Waals surface area contributed by atoms with Crippen LogP contribution in [0.2, 0.25) is 0 Å². The Kier molecular flexibility index (Phi) is 6.18. The Morgan fingerprint density at radius 2 is 2.00 bits per heavy atom. The van der Waals surface area contributed by atoms with E-state index in [1.54, 1.807) is 23.0 Å². The number of aryl methyl sites for hydroxylation is 1. The molecule has 1 saturated heterocycles. The van der Waals surface area contributed by atoms with Crippen LogP contribution in [0.5, 0.6) is 0 Å². The molecule has 1 amide bonds. The summed E-state index contributed by atoms with van der Waals surface area (Å²) in [7, 11) is 0. The van der Waals surface area contributed by atoms with Gasteiger partial charge < -0.3 is 10.2 Å². The lowest BCUT2D eigenvalue weighted by molar-refractivity contribution is 0.0947. The third kappa shape index (κ3) is 4.85. The average molecular weight is 421 g/mol. The fourth-order valence-corrected chi connectivity index (χ4v) is 4.10. The number of rotatable bonds is 6. The van der Waals surface area contributed by atoms with Gasteiger partial charge in [-0.3, -0.25) is 4.79 Å². The van der Waals surface area contributed by atoms with E-state index in [1.807, 2.05) is 31.2 Å². The Balaban J connectivity index is 1.59. The van der Waals surface area contributed by atoms with Crippen molar-refractivity contribution < 1.29 is 9.18 Å². The monoisotopic (exact) mass is 420 g/mol. The minimum atomic E-state index is -0.306. The molecule has 1 aliphatic rings. The van der Waals surface area contributed by atoms with Crippen LogP contribution in [0.3, 0.4) is 0 Å². The SMILES string of the molecule is Cc1cccc(-c2nn(-c3ccc(F)cc3)cc2C(=O)NCC2CCN(C(C)C)C2)c1. The Hall–Kier alpha value is -2.99. The number of halogens is 1. The number of carbonyl (C=O) groups excluding carboxylic acids is 1. The van der Waals surface area contributed by atoms with E-state index >= 15 is 0 Å². The Morgan fingerprint density at radius 3 is 2.68 bits per heavy atom. The summed E-state index contributed by atoms with van der Waals surface area (Å²) in [5.41, 5.74) is 3.84. The predicted molar refractivity (Wildman–Crippen MR) is 121 cm³/mol. The van der Waals surface area contributed by atoms with Gasteiger partial charge in [0.2, 0.25) is 0 Å². The fraction of sp³-hybridized carbons (Fsp3) is 0.360. The van der Waals surface area contributed by atoms with E-state index in [1.165, 1.54) is 12.1 Å². The summed E-state index contributed by atoms with van der Waals surface area (Å²) >= 11 is 0. The van der Waals surface area contributed by atoms with Crippen molar-refractivity contribution in [1.29, 1.82) is 0 Å². The number of hydrogen-bond acceptors (Lipinski definition) is 3. The van der Waals surface area contributed by atoms with Gasteiger partial charge in [0.15, 0.2) is 0 Å². The molecule has 3 aromatic rings. The zero-order valence-corrected chi connectivity index (χ0v) is 18.3. The third-order valence-corrected chi connectivity index (χ3v) is 5.94. The standard InChI is InChI=1S/C25H29FN4O/c1-17(2)29-12-11-19(15-29)14-27-25(31)23-16-30(22-9-7-21(26)8-10-22)28-24(23)20-6-4-5-18(3)13-20/h4-10,13,16-17,19H,11-12,14-15H2,1-3H3,(H,27,31). The lowest BCUT2D eigenvalue weighted by Crippen LogP contribution is -2.33. The summed E-state index contributed by atoms with van der Waals surface area (Å²) in [5, 5.41) is 7.80. The van der Waals surface area contributed by atoms with Crippen LogP contribution in [0.15, 0.2) is 54.7 Å². The van der Waals surface area contributed by atoms with Crippen molar-refractivity contribution in [3.8, 4) is 16.9 Å². The van der Waals surface area contributed by atoms with Crippen LogP contribution in [-0.4, -0.2) is 46.3 Å². The second-order valence-corrected chi connectivity index (χ2v) is 8.64. The largest absolute Gasteiger partial charge is 0.352 e. The molecular weight excluding hydrogens is 391 g/mol. The van der Waals surface area contributed by atoms with Crippen molar-refractivity contribution in [2.24, 2.45) is 5.92 Å². The second kappa shape index (κ2) is 9.02. The molecule has 0 bridgehead atoms. The van der Waals surface area contributed by atoms with E-state index in [4.69, 9.17) is 0 Å². The molecule has 1 fully saturated rings. The maximum Gasteiger partial charge on any atom is 0.255 e. The molecule has 31 heavy (non-hydrogen) atoms. The van der Waals surface area contributed by atoms with Gasteiger partial charge in [-0.1, -0.05) is 23.8 Å². The highest BCUT2D eigenvalue weighted by Crippen LogP contribution is 2.25. The lowest BCUT2D eigenvalue weighted by atomic mass is 10.0. The summed E-state index contributed by atoms with van der Waals surface area (Å²) in [6.07, 6.45) is 2.83. The first-order valence-corrected chi connectivity index (χ1v) is 10.9. The van der Waals surface area contributed by atoms with Crippen LogP contribution in [0.4, 0.5) is 4.39 Å². The molecular formula is C25H29FN4O. The van der Waals surface area contributed by atoms with Crippen molar-refractivity contribution in [3.63, 3.8) is 0 Å². The smallest absolute Gasteiger partial charge is 0.255 e. The zero-order chi connectivity index (χ0) is 22.0. The van der Waals surface area contributed by atoms with E-state index < -0.39 is 0 Å². The van der Waals surface area contributed by atoms with Gasteiger partial charge in [-0.25, -0.2) is 9.07 Å². The minimum absolute atomic E-state index is 0.132. The first kappa shape index (κ1) is 21.2. The third-order valence-electron chi connectivity index (χ3n) is 5.94. The Morgan fingerprint density at radius 1 is 1.23 bits per heavy atom. The quantitative estimate of drug-likeness (QED) is 0.641. The van der Waals surface area contributed by atoms with Gasteiger partial charge in [-0.05, 0) is 70.0 Å². The number of aromatic nitrogens is 2. The van der Waals surface area contributed by atoms with E-state index in [9.17, 15) is 9.18 Å². The van der Waals surface area contributed by atoms with Gasteiger partial charge in [0.05, 0.1) is 11.3 Å². The van der Waals surface area contributed by atoms with Gasteiger partial charge in [-0.2, -0.15) is 5.10 Å². The Bertz CT molecular complexity index is 1060. The van der Waals surface area contributed by atoms with E-state index in [2.05, 4.69) is 29.2 Å². The van der Waals surface area contributed by atoms with Crippen LogP contribution >= 0.6 is 0 Å². The summed E-state index contributed by atoms with van der Waals surface area (Å²) in [6, 6.07) is 14.6. The molecule has 0 spiro atoms. The second-order valence-electron chi connectivity index (χ2n) is 8.64. The minimum Gasteiger partial charge on any atom is -0.352 e. The van der Waals surface area contributed by atoms with E-state index in [-0.39, 0.29) is 11.7 Å². The van der Waals surface area contributed by atoms with Crippen LogP contribution in [0.1, 0.15) is 36.2 Å². The van der Waals surface area contributed by atoms with Gasteiger partial charge in [0.1, 0.15) is 11.5 Å². The van der Waals surface area contributed by atoms with Gasteiger partial charge in [0, 0.05) is 30.9 Å². The van der Waals surface area contributed by atoms with Crippen LogP contribution in [0, 0.1) is 18.7 Å². The van der Waals surface area contributed by atoms with Crippen LogP contribution in [0.25, 0.3) is 16.9 Å². The van der Waals surface area contributed by atoms with Crippen molar-refractivity contribution in [2.45, 2.75) is 33.2 Å². The molecule has 1 atom stereocenters. The molecule has 2 heterocycles. The molecule has 1 N–H and O–H groups in total. The molecule has 0 saturated carbocycles. The van der Waals surface area contributed by atoms with Gasteiger partial charge in [-0.15, -0.1) is 0 Å².